The predicted molar refractivity (Wildman–Crippen MR) is 46.8 cm³/mol. The van der Waals surface area contributed by atoms with Crippen molar-refractivity contribution in [2.24, 2.45) is 0 Å². The standard InChI is InChI=1S/C7H15NO3S/c9-4-5-12(10,11)6-7-2-1-3-8-7/h7-9H,1-6H2. The van der Waals surface area contributed by atoms with Crippen molar-refractivity contribution in [3.05, 3.63) is 0 Å². The summed E-state index contributed by atoms with van der Waals surface area (Å²) in [6.07, 6.45) is 1.99. The van der Waals surface area contributed by atoms with Crippen molar-refractivity contribution >= 4 is 9.84 Å². The highest BCUT2D eigenvalue weighted by atomic mass is 32.2. The van der Waals surface area contributed by atoms with E-state index in [2.05, 4.69) is 5.32 Å². The monoisotopic (exact) mass is 193 g/mol. The number of sulfone groups is 1. The molecule has 0 spiro atoms. The lowest BCUT2D eigenvalue weighted by Gasteiger charge is -2.09. The van der Waals surface area contributed by atoms with E-state index in [1.54, 1.807) is 0 Å². The molecule has 1 aliphatic heterocycles. The van der Waals surface area contributed by atoms with Crippen molar-refractivity contribution < 1.29 is 13.5 Å². The number of aliphatic hydroxyl groups is 1. The average Bonchev–Trinajstić information content (AvgIpc) is 2.38. The molecule has 0 aromatic heterocycles. The highest BCUT2D eigenvalue weighted by Gasteiger charge is 2.21. The minimum absolute atomic E-state index is 0.106. The minimum atomic E-state index is -3.03. The molecule has 1 fully saturated rings. The summed E-state index contributed by atoms with van der Waals surface area (Å²) in [5.41, 5.74) is 0. The number of rotatable bonds is 4. The van der Waals surface area contributed by atoms with Gasteiger partial charge in [-0.25, -0.2) is 8.42 Å². The van der Waals surface area contributed by atoms with Crippen LogP contribution in [0.3, 0.4) is 0 Å². The summed E-state index contributed by atoms with van der Waals surface area (Å²) in [6.45, 7) is 0.647. The van der Waals surface area contributed by atoms with Crippen LogP contribution in [0.5, 0.6) is 0 Å². The lowest BCUT2D eigenvalue weighted by molar-refractivity contribution is 0.319. The van der Waals surface area contributed by atoms with Crippen LogP contribution in [0.15, 0.2) is 0 Å². The van der Waals surface area contributed by atoms with E-state index in [4.69, 9.17) is 5.11 Å². The van der Waals surface area contributed by atoms with Gasteiger partial charge in [0.25, 0.3) is 0 Å². The Balaban J connectivity index is 2.38. The summed E-state index contributed by atoms with van der Waals surface area (Å²) in [5.74, 6) is 0.0682. The van der Waals surface area contributed by atoms with E-state index in [0.29, 0.717) is 0 Å². The zero-order chi connectivity index (χ0) is 9.03. The molecule has 72 valence electrons. The molecule has 1 rings (SSSR count). The second kappa shape index (κ2) is 4.20. The topological polar surface area (TPSA) is 66.4 Å². The van der Waals surface area contributed by atoms with Crippen LogP contribution < -0.4 is 5.32 Å². The van der Waals surface area contributed by atoms with Crippen molar-refractivity contribution in [3.8, 4) is 0 Å². The Morgan fingerprint density at radius 3 is 2.75 bits per heavy atom. The molecule has 2 N–H and O–H groups in total. The third-order valence-corrected chi connectivity index (χ3v) is 3.73. The van der Waals surface area contributed by atoms with Gasteiger partial charge in [-0.3, -0.25) is 0 Å². The maximum Gasteiger partial charge on any atom is 0.154 e. The average molecular weight is 193 g/mol. The third kappa shape index (κ3) is 3.08. The van der Waals surface area contributed by atoms with Gasteiger partial charge in [0, 0.05) is 6.04 Å². The predicted octanol–water partition coefficient (Wildman–Crippen LogP) is -0.854. The Kier molecular flexibility index (Phi) is 3.49. The molecule has 1 atom stereocenters. The molecule has 1 heterocycles. The van der Waals surface area contributed by atoms with Crippen molar-refractivity contribution in [2.75, 3.05) is 24.7 Å². The lowest BCUT2D eigenvalue weighted by Crippen LogP contribution is -2.31. The Morgan fingerprint density at radius 2 is 2.25 bits per heavy atom. The Labute approximate surface area is 72.9 Å². The van der Waals surface area contributed by atoms with Crippen LogP contribution in [0, 0.1) is 0 Å². The summed E-state index contributed by atoms with van der Waals surface area (Å²) in [5, 5.41) is 11.6. The van der Waals surface area contributed by atoms with Crippen LogP contribution >= 0.6 is 0 Å². The van der Waals surface area contributed by atoms with Gasteiger partial charge in [-0.15, -0.1) is 0 Å². The van der Waals surface area contributed by atoms with Crippen LogP contribution in [0.25, 0.3) is 0 Å². The first-order valence-corrected chi connectivity index (χ1v) is 6.01. The van der Waals surface area contributed by atoms with E-state index in [0.717, 1.165) is 19.4 Å². The molecule has 0 radical (unpaired) electrons. The zero-order valence-corrected chi connectivity index (χ0v) is 7.81. The van der Waals surface area contributed by atoms with Crippen LogP contribution in [-0.2, 0) is 9.84 Å². The second-order valence-corrected chi connectivity index (χ2v) is 5.36. The fraction of sp³-hybridized carbons (Fsp3) is 1.00. The summed E-state index contributed by atoms with van der Waals surface area (Å²) < 4.78 is 22.4. The first-order valence-electron chi connectivity index (χ1n) is 4.19. The van der Waals surface area contributed by atoms with Crippen LogP contribution in [0.2, 0.25) is 0 Å². The van der Waals surface area contributed by atoms with E-state index >= 15 is 0 Å². The van der Waals surface area contributed by atoms with Crippen LogP contribution in [0.1, 0.15) is 12.8 Å². The quantitative estimate of drug-likeness (QED) is 0.610. The first-order chi connectivity index (χ1) is 5.64. The van der Waals surface area contributed by atoms with E-state index in [1.165, 1.54) is 0 Å². The molecule has 1 unspecified atom stereocenters. The molecule has 0 bridgehead atoms. The third-order valence-electron chi connectivity index (χ3n) is 2.02. The molecular formula is C7H15NO3S. The SMILES string of the molecule is O=S(=O)(CCO)CC1CCCN1. The van der Waals surface area contributed by atoms with Crippen molar-refractivity contribution in [2.45, 2.75) is 18.9 Å². The van der Waals surface area contributed by atoms with Crippen molar-refractivity contribution in [1.29, 1.82) is 0 Å². The highest BCUT2D eigenvalue weighted by Crippen LogP contribution is 2.07. The van der Waals surface area contributed by atoms with Gasteiger partial charge in [0.15, 0.2) is 9.84 Å². The minimum Gasteiger partial charge on any atom is -0.395 e. The van der Waals surface area contributed by atoms with Gasteiger partial charge >= 0.3 is 0 Å². The zero-order valence-electron chi connectivity index (χ0n) is 6.99. The fourth-order valence-electron chi connectivity index (χ4n) is 1.43. The maximum absolute atomic E-state index is 11.2. The molecule has 12 heavy (non-hydrogen) atoms. The summed E-state index contributed by atoms with van der Waals surface area (Å²) in [6, 6.07) is 0.113. The van der Waals surface area contributed by atoms with Gasteiger partial charge in [-0.1, -0.05) is 0 Å². The molecule has 4 nitrogen and oxygen atoms in total. The number of aliphatic hydroxyl groups excluding tert-OH is 1. The number of hydrogen-bond acceptors (Lipinski definition) is 4. The molecule has 1 aliphatic rings. The van der Waals surface area contributed by atoms with Crippen molar-refractivity contribution in [3.63, 3.8) is 0 Å². The Morgan fingerprint density at radius 1 is 1.50 bits per heavy atom. The Bertz CT molecular complexity index is 219. The highest BCUT2D eigenvalue weighted by molar-refractivity contribution is 7.91. The smallest absolute Gasteiger partial charge is 0.154 e. The molecule has 0 aliphatic carbocycles. The molecule has 0 aromatic carbocycles. The first kappa shape index (κ1) is 9.95. The summed E-state index contributed by atoms with van der Waals surface area (Å²) >= 11 is 0. The number of hydrogen-bond donors (Lipinski definition) is 2. The van der Waals surface area contributed by atoms with Gasteiger partial charge in [0.05, 0.1) is 18.1 Å². The van der Waals surface area contributed by atoms with Gasteiger partial charge in [0.1, 0.15) is 0 Å². The molecule has 5 heteroatoms. The molecule has 0 aromatic rings. The van der Waals surface area contributed by atoms with Crippen LogP contribution in [-0.4, -0.2) is 44.2 Å². The van der Waals surface area contributed by atoms with E-state index < -0.39 is 9.84 Å². The van der Waals surface area contributed by atoms with Gasteiger partial charge in [-0.2, -0.15) is 0 Å². The molecule has 0 amide bonds. The fourth-order valence-corrected chi connectivity index (χ4v) is 2.77. The summed E-state index contributed by atoms with van der Waals surface area (Å²) in [4.78, 5) is 0. The lowest BCUT2D eigenvalue weighted by atomic mass is 10.3. The van der Waals surface area contributed by atoms with E-state index in [-0.39, 0.29) is 24.2 Å². The largest absolute Gasteiger partial charge is 0.395 e. The summed E-state index contributed by atoms with van der Waals surface area (Å²) in [7, 11) is -3.03. The Hall–Kier alpha value is -0.130. The van der Waals surface area contributed by atoms with Gasteiger partial charge in [0.2, 0.25) is 0 Å². The molecule has 1 saturated heterocycles. The molecule has 0 saturated carbocycles. The van der Waals surface area contributed by atoms with Gasteiger partial charge in [-0.05, 0) is 19.4 Å². The maximum atomic E-state index is 11.2. The normalized spacial score (nSPS) is 24.6. The molecular weight excluding hydrogens is 178 g/mol. The van der Waals surface area contributed by atoms with E-state index in [9.17, 15) is 8.42 Å². The van der Waals surface area contributed by atoms with Crippen LogP contribution in [0.4, 0.5) is 0 Å². The second-order valence-electron chi connectivity index (χ2n) is 3.13. The van der Waals surface area contributed by atoms with Gasteiger partial charge < -0.3 is 10.4 Å². The number of nitrogens with one attached hydrogen (secondary N) is 1. The van der Waals surface area contributed by atoms with E-state index in [1.807, 2.05) is 0 Å². The van der Waals surface area contributed by atoms with Crippen molar-refractivity contribution in [1.82, 2.24) is 5.32 Å².